The zero-order valence-electron chi connectivity index (χ0n) is 14.1. The van der Waals surface area contributed by atoms with Gasteiger partial charge in [0.1, 0.15) is 6.10 Å². The summed E-state index contributed by atoms with van der Waals surface area (Å²) in [6.07, 6.45) is 4.47. The molecule has 6 heteroatoms. The van der Waals surface area contributed by atoms with Crippen LogP contribution in [0.3, 0.4) is 0 Å². The highest BCUT2D eigenvalue weighted by molar-refractivity contribution is 7.21. The molecule has 1 aliphatic carbocycles. The molecule has 0 bridgehead atoms. The SMILES string of the molecule is COc1cc2sc(C(=O)O)c(OC3CCCCC3C)c2cc1OC. The van der Waals surface area contributed by atoms with Gasteiger partial charge in [0.15, 0.2) is 22.1 Å². The Hall–Kier alpha value is -1.95. The topological polar surface area (TPSA) is 65.0 Å². The lowest BCUT2D eigenvalue weighted by atomic mass is 9.88. The molecule has 1 aliphatic rings. The third kappa shape index (κ3) is 3.02. The minimum atomic E-state index is -0.965. The van der Waals surface area contributed by atoms with Crippen LogP contribution in [0.2, 0.25) is 0 Å². The Kier molecular flexibility index (Phi) is 4.85. The molecule has 3 rings (SSSR count). The number of aromatic carboxylic acids is 1. The van der Waals surface area contributed by atoms with E-state index in [-0.39, 0.29) is 11.0 Å². The molecule has 130 valence electrons. The van der Waals surface area contributed by atoms with Crippen LogP contribution >= 0.6 is 11.3 Å². The highest BCUT2D eigenvalue weighted by Gasteiger charge is 2.28. The Balaban J connectivity index is 2.09. The van der Waals surface area contributed by atoms with Gasteiger partial charge in [0.25, 0.3) is 0 Å². The summed E-state index contributed by atoms with van der Waals surface area (Å²) in [5, 5.41) is 10.4. The van der Waals surface area contributed by atoms with Crippen molar-refractivity contribution >= 4 is 27.4 Å². The molecule has 5 nitrogen and oxygen atoms in total. The Morgan fingerprint density at radius 1 is 1.17 bits per heavy atom. The first kappa shape index (κ1) is 16.9. The molecular weight excluding hydrogens is 328 g/mol. The number of methoxy groups -OCH3 is 2. The first-order valence-corrected chi connectivity index (χ1v) is 8.95. The van der Waals surface area contributed by atoms with Gasteiger partial charge in [0.2, 0.25) is 0 Å². The minimum Gasteiger partial charge on any atom is -0.493 e. The molecule has 24 heavy (non-hydrogen) atoms. The lowest BCUT2D eigenvalue weighted by Crippen LogP contribution is -2.28. The number of ether oxygens (including phenoxy) is 3. The fourth-order valence-corrected chi connectivity index (χ4v) is 4.25. The molecule has 2 aromatic rings. The third-order valence-electron chi connectivity index (χ3n) is 4.64. The second-order valence-corrected chi connectivity index (χ2v) is 7.24. The van der Waals surface area contributed by atoms with E-state index < -0.39 is 5.97 Å². The fraction of sp³-hybridized carbons (Fsp3) is 0.500. The summed E-state index contributed by atoms with van der Waals surface area (Å²) in [7, 11) is 3.13. The quantitative estimate of drug-likeness (QED) is 0.855. The standard InChI is InChI=1S/C18H22O5S/c1-10-6-4-5-7-12(10)23-16-11-8-13(21-2)14(22-3)9-15(11)24-17(16)18(19)20/h8-10,12H,4-7H2,1-3H3,(H,19,20). The molecule has 0 aliphatic heterocycles. The van der Waals surface area contributed by atoms with Gasteiger partial charge in [-0.15, -0.1) is 11.3 Å². The Bertz CT molecular complexity index is 751. The normalized spacial score (nSPS) is 20.8. The molecule has 1 heterocycles. The summed E-state index contributed by atoms with van der Waals surface area (Å²) in [6, 6.07) is 3.61. The molecule has 0 spiro atoms. The number of thiophene rings is 1. The first-order valence-electron chi connectivity index (χ1n) is 8.13. The lowest BCUT2D eigenvalue weighted by Gasteiger charge is -2.29. The highest BCUT2D eigenvalue weighted by Crippen LogP contribution is 2.44. The van der Waals surface area contributed by atoms with E-state index in [9.17, 15) is 9.90 Å². The molecule has 1 N–H and O–H groups in total. The maximum Gasteiger partial charge on any atom is 0.349 e. The van der Waals surface area contributed by atoms with Crippen molar-refractivity contribution < 1.29 is 24.1 Å². The molecule has 0 amide bonds. The first-order chi connectivity index (χ1) is 11.5. The molecule has 2 unspecified atom stereocenters. The molecule has 1 aromatic heterocycles. The van der Waals surface area contributed by atoms with E-state index in [4.69, 9.17) is 14.2 Å². The fourth-order valence-electron chi connectivity index (χ4n) is 3.27. The average Bonchev–Trinajstić information content (AvgIpc) is 2.93. The van der Waals surface area contributed by atoms with E-state index in [1.807, 2.05) is 6.07 Å². The molecule has 0 radical (unpaired) electrons. The number of carboxylic acid groups (broad SMARTS) is 1. The molecular formula is C18H22O5S. The van der Waals surface area contributed by atoms with Crippen LogP contribution in [0.4, 0.5) is 0 Å². The smallest absolute Gasteiger partial charge is 0.349 e. The summed E-state index contributed by atoms with van der Waals surface area (Å²) in [4.78, 5) is 11.9. The van der Waals surface area contributed by atoms with E-state index in [2.05, 4.69) is 6.92 Å². The Labute approximate surface area is 145 Å². The van der Waals surface area contributed by atoms with Gasteiger partial charge < -0.3 is 19.3 Å². The molecule has 0 saturated heterocycles. The van der Waals surface area contributed by atoms with Crippen molar-refractivity contribution in [3.8, 4) is 17.2 Å². The van der Waals surface area contributed by atoms with Crippen LogP contribution in [0.15, 0.2) is 12.1 Å². The van der Waals surface area contributed by atoms with Crippen LogP contribution in [0, 0.1) is 5.92 Å². The minimum absolute atomic E-state index is 0.0581. The number of benzene rings is 1. The van der Waals surface area contributed by atoms with Gasteiger partial charge in [-0.2, -0.15) is 0 Å². The van der Waals surface area contributed by atoms with Crippen molar-refractivity contribution in [1.29, 1.82) is 0 Å². The predicted octanol–water partition coefficient (Wildman–Crippen LogP) is 4.57. The van der Waals surface area contributed by atoms with Crippen molar-refractivity contribution in [2.45, 2.75) is 38.7 Å². The van der Waals surface area contributed by atoms with Crippen molar-refractivity contribution in [3.05, 3.63) is 17.0 Å². The van der Waals surface area contributed by atoms with Crippen LogP contribution < -0.4 is 14.2 Å². The summed E-state index contributed by atoms with van der Waals surface area (Å²) in [5.74, 6) is 1.08. The van der Waals surface area contributed by atoms with E-state index >= 15 is 0 Å². The second-order valence-electron chi connectivity index (χ2n) is 6.19. The number of rotatable bonds is 5. The maximum absolute atomic E-state index is 11.7. The van der Waals surface area contributed by atoms with E-state index in [0.717, 1.165) is 29.3 Å². The van der Waals surface area contributed by atoms with E-state index in [1.54, 1.807) is 20.3 Å². The summed E-state index contributed by atoms with van der Waals surface area (Å²) in [5.41, 5.74) is 0. The number of hydrogen-bond acceptors (Lipinski definition) is 5. The predicted molar refractivity (Wildman–Crippen MR) is 93.9 cm³/mol. The van der Waals surface area contributed by atoms with E-state index in [1.165, 1.54) is 17.8 Å². The van der Waals surface area contributed by atoms with Crippen LogP contribution in [-0.4, -0.2) is 31.4 Å². The summed E-state index contributed by atoms with van der Waals surface area (Å²) >= 11 is 1.21. The number of carboxylic acids is 1. The molecule has 1 fully saturated rings. The monoisotopic (exact) mass is 350 g/mol. The van der Waals surface area contributed by atoms with Crippen molar-refractivity contribution in [3.63, 3.8) is 0 Å². The Morgan fingerprint density at radius 2 is 1.83 bits per heavy atom. The van der Waals surface area contributed by atoms with Gasteiger partial charge in [-0.05, 0) is 31.2 Å². The van der Waals surface area contributed by atoms with Gasteiger partial charge >= 0.3 is 5.97 Å². The number of carbonyl (C=O) groups is 1. The van der Waals surface area contributed by atoms with Gasteiger partial charge in [0.05, 0.1) is 14.2 Å². The van der Waals surface area contributed by atoms with Crippen molar-refractivity contribution in [2.24, 2.45) is 5.92 Å². The molecule has 2 atom stereocenters. The lowest BCUT2D eigenvalue weighted by molar-refractivity contribution is 0.0682. The van der Waals surface area contributed by atoms with Crippen molar-refractivity contribution in [2.75, 3.05) is 14.2 Å². The Morgan fingerprint density at radius 3 is 2.46 bits per heavy atom. The van der Waals surface area contributed by atoms with E-state index in [0.29, 0.717) is 23.2 Å². The summed E-state index contributed by atoms with van der Waals surface area (Å²) < 4.78 is 17.7. The maximum atomic E-state index is 11.7. The summed E-state index contributed by atoms with van der Waals surface area (Å²) in [6.45, 7) is 2.17. The van der Waals surface area contributed by atoms with Gasteiger partial charge in [-0.25, -0.2) is 4.79 Å². The van der Waals surface area contributed by atoms with Crippen LogP contribution in [0.1, 0.15) is 42.3 Å². The highest BCUT2D eigenvalue weighted by atomic mass is 32.1. The van der Waals surface area contributed by atoms with Crippen LogP contribution in [-0.2, 0) is 0 Å². The largest absolute Gasteiger partial charge is 0.493 e. The van der Waals surface area contributed by atoms with Gasteiger partial charge in [-0.3, -0.25) is 0 Å². The van der Waals surface area contributed by atoms with Crippen molar-refractivity contribution in [1.82, 2.24) is 0 Å². The third-order valence-corrected chi connectivity index (χ3v) is 5.77. The molecule has 1 aromatic carbocycles. The van der Waals surface area contributed by atoms with Crippen LogP contribution in [0.5, 0.6) is 17.2 Å². The van der Waals surface area contributed by atoms with Gasteiger partial charge in [0, 0.05) is 16.2 Å². The number of fused-ring (bicyclic) bond motifs is 1. The van der Waals surface area contributed by atoms with Gasteiger partial charge in [-0.1, -0.05) is 13.3 Å². The second kappa shape index (κ2) is 6.89. The number of hydrogen-bond donors (Lipinski definition) is 1. The van der Waals surface area contributed by atoms with Crippen LogP contribution in [0.25, 0.3) is 10.1 Å². The average molecular weight is 350 g/mol. The zero-order valence-corrected chi connectivity index (χ0v) is 14.9. The molecule has 1 saturated carbocycles. The zero-order chi connectivity index (χ0) is 17.3.